The summed E-state index contributed by atoms with van der Waals surface area (Å²) in [6.07, 6.45) is 3.37. The lowest BCUT2D eigenvalue weighted by molar-refractivity contribution is 0.0992. The Morgan fingerprint density at radius 2 is 1.86 bits per heavy atom. The Morgan fingerprint density at radius 1 is 1.23 bits per heavy atom. The van der Waals surface area contributed by atoms with E-state index in [-0.39, 0.29) is 11.8 Å². The molecular formula is C17H18FN3O. The highest BCUT2D eigenvalue weighted by Gasteiger charge is 2.29. The highest BCUT2D eigenvalue weighted by atomic mass is 19.1. The Morgan fingerprint density at radius 3 is 2.41 bits per heavy atom. The van der Waals surface area contributed by atoms with Gasteiger partial charge in [-0.05, 0) is 24.5 Å². The molecule has 5 heteroatoms. The van der Waals surface area contributed by atoms with Crippen molar-refractivity contribution in [3.63, 3.8) is 0 Å². The molecule has 2 atom stereocenters. The predicted molar refractivity (Wildman–Crippen MR) is 81.6 cm³/mol. The zero-order valence-electron chi connectivity index (χ0n) is 12.4. The van der Waals surface area contributed by atoms with E-state index in [9.17, 15) is 9.18 Å². The normalized spacial score (nSPS) is 20.5. The summed E-state index contributed by atoms with van der Waals surface area (Å²) >= 11 is 0. The average Bonchev–Trinajstić information content (AvgIpc) is 2.53. The second-order valence-electron chi connectivity index (χ2n) is 5.67. The molecule has 4 nitrogen and oxygen atoms in total. The van der Waals surface area contributed by atoms with E-state index in [0.29, 0.717) is 30.8 Å². The van der Waals surface area contributed by atoms with Crippen molar-refractivity contribution in [2.45, 2.75) is 32.0 Å². The van der Waals surface area contributed by atoms with Crippen LogP contribution in [0, 0.1) is 6.92 Å². The fourth-order valence-electron chi connectivity index (χ4n) is 2.44. The molecule has 1 saturated heterocycles. The molecule has 1 aromatic heterocycles. The van der Waals surface area contributed by atoms with Gasteiger partial charge >= 0.3 is 0 Å². The molecule has 1 N–H and O–H groups in total. The van der Waals surface area contributed by atoms with Gasteiger partial charge in [0.2, 0.25) is 0 Å². The van der Waals surface area contributed by atoms with E-state index in [2.05, 4.69) is 15.3 Å². The number of rotatable bonds is 5. The molecule has 1 fully saturated rings. The number of hydrogen-bond acceptors (Lipinski definition) is 4. The van der Waals surface area contributed by atoms with Crippen LogP contribution in [0.25, 0.3) is 0 Å². The van der Waals surface area contributed by atoms with Crippen LogP contribution in [0.3, 0.4) is 0 Å². The number of ketones is 1. The Hall–Kier alpha value is -2.14. The second-order valence-corrected chi connectivity index (χ2v) is 5.67. The highest BCUT2D eigenvalue weighted by Crippen LogP contribution is 2.16. The van der Waals surface area contributed by atoms with Gasteiger partial charge in [-0.3, -0.25) is 4.79 Å². The molecular weight excluding hydrogens is 281 g/mol. The van der Waals surface area contributed by atoms with E-state index >= 15 is 0 Å². The molecule has 0 saturated carbocycles. The van der Waals surface area contributed by atoms with Crippen molar-refractivity contribution < 1.29 is 9.18 Å². The first-order chi connectivity index (χ1) is 10.6. The Kier molecular flexibility index (Phi) is 4.24. The van der Waals surface area contributed by atoms with Crippen molar-refractivity contribution in [2.75, 3.05) is 6.54 Å². The maximum atomic E-state index is 13.2. The standard InChI is InChI=1S/C17H18FN3O/c1-11-19-8-14(9-20-11)17(22)7-13-4-2-12(3-5-13)6-16-15(18)10-21-16/h2-5,8-9,15-16,21H,6-7,10H2,1H3/t15-,16-/m1/s1. The first-order valence-corrected chi connectivity index (χ1v) is 7.39. The molecule has 0 unspecified atom stereocenters. The number of carbonyl (C=O) groups is 1. The number of aromatic nitrogens is 2. The molecule has 0 spiro atoms. The second kappa shape index (κ2) is 6.32. The quantitative estimate of drug-likeness (QED) is 0.859. The fraction of sp³-hybridized carbons (Fsp3) is 0.353. The van der Waals surface area contributed by atoms with Crippen LogP contribution < -0.4 is 5.32 Å². The predicted octanol–water partition coefficient (Wildman–Crippen LogP) is 2.06. The average molecular weight is 299 g/mol. The van der Waals surface area contributed by atoms with E-state index in [1.165, 1.54) is 0 Å². The van der Waals surface area contributed by atoms with Gasteiger partial charge in [0.1, 0.15) is 12.0 Å². The van der Waals surface area contributed by atoms with Crippen LogP contribution in [0.1, 0.15) is 27.3 Å². The van der Waals surface area contributed by atoms with Crippen molar-refractivity contribution in [2.24, 2.45) is 0 Å². The number of halogens is 1. The summed E-state index contributed by atoms with van der Waals surface area (Å²) in [5.74, 6) is 0.647. The van der Waals surface area contributed by atoms with E-state index in [1.54, 1.807) is 19.3 Å². The maximum Gasteiger partial charge on any atom is 0.170 e. The van der Waals surface area contributed by atoms with Gasteiger partial charge in [0.15, 0.2) is 5.78 Å². The van der Waals surface area contributed by atoms with E-state index in [0.717, 1.165) is 11.1 Å². The van der Waals surface area contributed by atoms with Gasteiger partial charge in [-0.2, -0.15) is 0 Å². The van der Waals surface area contributed by atoms with Crippen molar-refractivity contribution in [3.8, 4) is 0 Å². The van der Waals surface area contributed by atoms with Gasteiger partial charge in [0.05, 0.1) is 5.56 Å². The zero-order chi connectivity index (χ0) is 15.5. The topological polar surface area (TPSA) is 54.9 Å². The van der Waals surface area contributed by atoms with Crippen molar-refractivity contribution in [3.05, 3.63) is 59.2 Å². The fourth-order valence-corrected chi connectivity index (χ4v) is 2.44. The molecule has 1 aliphatic heterocycles. The molecule has 2 heterocycles. The summed E-state index contributed by atoms with van der Waals surface area (Å²) in [6.45, 7) is 2.24. The molecule has 114 valence electrons. The number of benzene rings is 1. The van der Waals surface area contributed by atoms with Gasteiger partial charge in [-0.25, -0.2) is 14.4 Å². The first-order valence-electron chi connectivity index (χ1n) is 7.39. The van der Waals surface area contributed by atoms with Gasteiger partial charge in [0.25, 0.3) is 0 Å². The first kappa shape index (κ1) is 14.8. The third kappa shape index (κ3) is 3.36. The van der Waals surface area contributed by atoms with E-state index in [4.69, 9.17) is 0 Å². The lowest BCUT2D eigenvalue weighted by Gasteiger charge is -2.32. The Bertz CT molecular complexity index is 655. The van der Waals surface area contributed by atoms with E-state index < -0.39 is 6.17 Å². The lowest BCUT2D eigenvalue weighted by Crippen LogP contribution is -2.55. The molecule has 0 amide bonds. The van der Waals surface area contributed by atoms with Crippen LogP contribution in [-0.2, 0) is 12.8 Å². The minimum atomic E-state index is -0.747. The van der Waals surface area contributed by atoms with Crippen molar-refractivity contribution >= 4 is 5.78 Å². The molecule has 3 rings (SSSR count). The van der Waals surface area contributed by atoms with Gasteiger partial charge in [0, 0.05) is 31.4 Å². The number of hydrogen-bond donors (Lipinski definition) is 1. The highest BCUT2D eigenvalue weighted by molar-refractivity contribution is 5.96. The number of nitrogens with zero attached hydrogens (tertiary/aromatic N) is 2. The van der Waals surface area contributed by atoms with Crippen LogP contribution in [0.15, 0.2) is 36.7 Å². The van der Waals surface area contributed by atoms with Crippen LogP contribution in [-0.4, -0.2) is 34.5 Å². The number of alkyl halides is 1. The minimum Gasteiger partial charge on any atom is -0.308 e. The molecule has 1 aliphatic rings. The summed E-state index contributed by atoms with van der Waals surface area (Å²) in [6, 6.07) is 7.70. The molecule has 0 aliphatic carbocycles. The monoisotopic (exact) mass is 299 g/mol. The maximum absolute atomic E-state index is 13.2. The lowest BCUT2D eigenvalue weighted by atomic mass is 9.95. The number of Topliss-reactive ketones (excluding diaryl/α,β-unsaturated/α-hetero) is 1. The zero-order valence-corrected chi connectivity index (χ0v) is 12.4. The number of aryl methyl sites for hydroxylation is 1. The SMILES string of the molecule is Cc1ncc(C(=O)Cc2ccc(C[C@H]3NC[C@H]3F)cc2)cn1. The molecule has 2 aromatic rings. The van der Waals surface area contributed by atoms with E-state index in [1.807, 2.05) is 24.3 Å². The van der Waals surface area contributed by atoms with Crippen LogP contribution in [0.4, 0.5) is 4.39 Å². The Balaban J connectivity index is 1.60. The van der Waals surface area contributed by atoms with Crippen LogP contribution >= 0.6 is 0 Å². The van der Waals surface area contributed by atoms with Gasteiger partial charge < -0.3 is 5.32 Å². The summed E-state index contributed by atoms with van der Waals surface area (Å²) in [4.78, 5) is 20.2. The molecule has 1 aromatic carbocycles. The van der Waals surface area contributed by atoms with Gasteiger partial charge in [-0.1, -0.05) is 24.3 Å². The smallest absolute Gasteiger partial charge is 0.170 e. The Labute approximate surface area is 128 Å². The largest absolute Gasteiger partial charge is 0.308 e. The molecule has 0 bridgehead atoms. The summed E-state index contributed by atoms with van der Waals surface area (Å²) in [5, 5.41) is 3.07. The number of nitrogens with one attached hydrogen (secondary N) is 1. The van der Waals surface area contributed by atoms with Crippen molar-refractivity contribution in [1.82, 2.24) is 15.3 Å². The van der Waals surface area contributed by atoms with Gasteiger partial charge in [-0.15, -0.1) is 0 Å². The third-order valence-electron chi connectivity index (χ3n) is 3.96. The van der Waals surface area contributed by atoms with Crippen LogP contribution in [0.5, 0.6) is 0 Å². The third-order valence-corrected chi connectivity index (χ3v) is 3.96. The minimum absolute atomic E-state index is 0.00256. The summed E-state index contributed by atoms with van der Waals surface area (Å²) in [7, 11) is 0. The van der Waals surface area contributed by atoms with Crippen molar-refractivity contribution in [1.29, 1.82) is 0 Å². The summed E-state index contributed by atoms with van der Waals surface area (Å²) in [5.41, 5.74) is 2.54. The molecule has 0 radical (unpaired) electrons. The number of carbonyl (C=O) groups excluding carboxylic acids is 1. The summed E-state index contributed by atoms with van der Waals surface area (Å²) < 4.78 is 13.2. The molecule has 22 heavy (non-hydrogen) atoms. The van der Waals surface area contributed by atoms with Crippen LogP contribution in [0.2, 0.25) is 0 Å².